The normalized spacial score (nSPS) is 18.7. The number of nitrogens with zero attached hydrogens (tertiary/aromatic N) is 10. The quantitative estimate of drug-likeness (QED) is 0.0623. The van der Waals surface area contributed by atoms with E-state index in [-0.39, 0.29) is 76.6 Å². The summed E-state index contributed by atoms with van der Waals surface area (Å²) in [6.45, 7) is 4.19. The zero-order valence-electron chi connectivity index (χ0n) is 35.3. The number of carboxylic acid groups (broad SMARTS) is 1. The van der Waals surface area contributed by atoms with Crippen molar-refractivity contribution in [3.05, 3.63) is 67.7 Å². The van der Waals surface area contributed by atoms with Gasteiger partial charge in [0, 0.05) is 82.4 Å². The number of guanidine groups is 4. The monoisotopic (exact) mass is 886 g/mol. The molecule has 64 heavy (non-hydrogen) atoms. The molecule has 2 saturated carbocycles. The number of aromatic carboxylic acids is 1. The summed E-state index contributed by atoms with van der Waals surface area (Å²) >= 11 is 0. The maximum absolute atomic E-state index is 15.7. The van der Waals surface area contributed by atoms with E-state index in [0.717, 1.165) is 25.7 Å². The molecule has 8 rings (SSSR count). The summed E-state index contributed by atoms with van der Waals surface area (Å²) in [5.41, 5.74) is 36.8. The highest BCUT2D eigenvalue weighted by Gasteiger charge is 2.32. The zero-order valence-corrected chi connectivity index (χ0v) is 35.3. The van der Waals surface area contributed by atoms with E-state index in [1.54, 1.807) is 38.3 Å². The molecule has 2 aromatic carbocycles. The van der Waals surface area contributed by atoms with Crippen LogP contribution in [0.5, 0.6) is 0 Å². The topological polar surface area (TPSA) is 320 Å². The minimum absolute atomic E-state index is 0.00921. The van der Waals surface area contributed by atoms with E-state index in [9.17, 15) is 24.6 Å². The van der Waals surface area contributed by atoms with Gasteiger partial charge < -0.3 is 73.3 Å². The lowest BCUT2D eigenvalue weighted by Crippen LogP contribution is -2.51. The van der Waals surface area contributed by atoms with Crippen LogP contribution < -0.4 is 55.1 Å². The largest absolute Gasteiger partial charge is 0.477 e. The van der Waals surface area contributed by atoms with Crippen LogP contribution >= 0.6 is 0 Å². The number of aliphatic hydroxyl groups excluding tert-OH is 1. The van der Waals surface area contributed by atoms with Gasteiger partial charge in [-0.1, -0.05) is 0 Å². The molecule has 1 unspecified atom stereocenters. The predicted molar refractivity (Wildman–Crippen MR) is 243 cm³/mol. The summed E-state index contributed by atoms with van der Waals surface area (Å²) in [5.74, 6) is -3.05. The van der Waals surface area contributed by atoms with Crippen molar-refractivity contribution in [3.8, 4) is 0 Å². The number of pyridine rings is 2. The van der Waals surface area contributed by atoms with Crippen molar-refractivity contribution < 1.29 is 23.8 Å². The van der Waals surface area contributed by atoms with Crippen molar-refractivity contribution >= 4 is 74.4 Å². The first-order valence-corrected chi connectivity index (χ1v) is 21.0. The highest BCUT2D eigenvalue weighted by molar-refractivity contribution is 6.00. The fraction of sp³-hybridized carbons (Fsp3) is 0.439. The second kappa shape index (κ2) is 17.2. The van der Waals surface area contributed by atoms with E-state index >= 15 is 8.78 Å². The number of hydrogen-bond acceptors (Lipinski definition) is 10. The molecular weight excluding hydrogens is 835 g/mol. The number of hydrogen-bond donors (Lipinski definition) is 8. The Bertz CT molecular complexity index is 2780. The number of nitrogen functional groups attached to an aromatic ring is 2. The van der Waals surface area contributed by atoms with Crippen LogP contribution in [0.25, 0.3) is 21.8 Å². The van der Waals surface area contributed by atoms with Crippen molar-refractivity contribution in [1.29, 1.82) is 0 Å². The third-order valence-electron chi connectivity index (χ3n) is 12.1. The molecule has 4 aromatic rings. The number of aliphatic hydroxyl groups is 1. The van der Waals surface area contributed by atoms with Gasteiger partial charge in [-0.05, 0) is 44.7 Å². The predicted octanol–water partition coefficient (Wildman–Crippen LogP) is -0.000680. The highest BCUT2D eigenvalue weighted by atomic mass is 19.1. The zero-order chi connectivity index (χ0) is 45.7. The molecule has 2 aliphatic carbocycles. The number of nitrogens with two attached hydrogens (primary N) is 6. The number of aliphatic imine (C=N–C) groups is 4. The lowest BCUT2D eigenvalue weighted by atomic mass is 10.1. The van der Waals surface area contributed by atoms with E-state index in [1.165, 1.54) is 6.20 Å². The Labute approximate surface area is 364 Å². The minimum Gasteiger partial charge on any atom is -0.477 e. The maximum atomic E-state index is 15.7. The van der Waals surface area contributed by atoms with E-state index in [0.29, 0.717) is 74.6 Å². The number of carbonyl (C=O) groups is 1. The van der Waals surface area contributed by atoms with Crippen molar-refractivity contribution in [2.75, 3.05) is 86.7 Å². The second-order valence-corrected chi connectivity index (χ2v) is 16.6. The summed E-state index contributed by atoms with van der Waals surface area (Å²) in [6.07, 6.45) is 5.58. The number of carboxylic acids is 1. The Hall–Kier alpha value is -7.17. The van der Waals surface area contributed by atoms with Gasteiger partial charge >= 0.3 is 5.97 Å². The molecule has 0 bridgehead atoms. The molecule has 0 amide bonds. The van der Waals surface area contributed by atoms with Crippen molar-refractivity contribution in [2.45, 2.75) is 50.8 Å². The van der Waals surface area contributed by atoms with Gasteiger partial charge in [-0.3, -0.25) is 9.59 Å². The molecule has 2 aliphatic heterocycles. The summed E-state index contributed by atoms with van der Waals surface area (Å²) in [7, 11) is 0. The van der Waals surface area contributed by atoms with Crippen molar-refractivity contribution in [2.24, 2.45) is 42.9 Å². The molecule has 21 nitrogen and oxygen atoms in total. The second-order valence-electron chi connectivity index (χ2n) is 16.6. The summed E-state index contributed by atoms with van der Waals surface area (Å²) in [6, 6.07) is 3.50. The van der Waals surface area contributed by atoms with Gasteiger partial charge in [0.2, 0.25) is 17.3 Å². The number of anilines is 4. The fourth-order valence-corrected chi connectivity index (χ4v) is 8.30. The molecule has 4 aliphatic rings. The Morgan fingerprint density at radius 1 is 0.703 bits per heavy atom. The average Bonchev–Trinajstić information content (AvgIpc) is 4.21. The van der Waals surface area contributed by atoms with Crippen molar-refractivity contribution in [3.63, 3.8) is 0 Å². The molecule has 2 saturated heterocycles. The van der Waals surface area contributed by atoms with Crippen LogP contribution in [0.4, 0.5) is 31.5 Å². The fourth-order valence-electron chi connectivity index (χ4n) is 8.30. The summed E-state index contributed by atoms with van der Waals surface area (Å²) < 4.78 is 35.1. The molecule has 340 valence electrons. The highest BCUT2D eigenvalue weighted by Crippen LogP contribution is 2.41. The van der Waals surface area contributed by atoms with Gasteiger partial charge in [0.15, 0.2) is 29.0 Å². The third-order valence-corrected chi connectivity index (χ3v) is 12.1. The van der Waals surface area contributed by atoms with E-state index in [2.05, 4.69) is 20.0 Å². The first-order valence-electron chi connectivity index (χ1n) is 21.0. The molecule has 0 radical (unpaired) electrons. The first-order chi connectivity index (χ1) is 30.5. The van der Waals surface area contributed by atoms with E-state index < -0.39 is 40.4 Å². The number of aromatic nitrogens is 2. The number of fused-ring (bicyclic) bond motifs is 2. The summed E-state index contributed by atoms with van der Waals surface area (Å²) in [5, 5.41) is 20.2. The van der Waals surface area contributed by atoms with Gasteiger partial charge in [-0.2, -0.15) is 9.98 Å². The van der Waals surface area contributed by atoms with Crippen molar-refractivity contribution in [1.82, 2.24) is 18.9 Å². The van der Waals surface area contributed by atoms with Crippen LogP contribution in [0.15, 0.2) is 54.1 Å². The van der Waals surface area contributed by atoms with Crippen LogP contribution in [0.2, 0.25) is 0 Å². The van der Waals surface area contributed by atoms with Gasteiger partial charge in [0.05, 0.1) is 63.7 Å². The maximum Gasteiger partial charge on any atom is 0.341 e. The Kier molecular flexibility index (Phi) is 11.7. The molecule has 4 heterocycles. The van der Waals surface area contributed by atoms with Crippen LogP contribution in [0, 0.1) is 18.6 Å². The lowest BCUT2D eigenvalue weighted by molar-refractivity contribution is 0.0694. The average molecular weight is 887 g/mol. The van der Waals surface area contributed by atoms with Gasteiger partial charge in [0.25, 0.3) is 0 Å². The van der Waals surface area contributed by atoms with Gasteiger partial charge in [0.1, 0.15) is 5.56 Å². The molecular formula is C41H52F2N16O5. The van der Waals surface area contributed by atoms with Gasteiger partial charge in [-0.25, -0.2) is 23.6 Å². The molecule has 0 spiro atoms. The molecule has 2 aromatic heterocycles. The molecule has 4 fully saturated rings. The number of rotatable bonds is 9. The number of piperazine rings is 2. The lowest BCUT2D eigenvalue weighted by Gasteiger charge is -2.37. The number of aryl methyl sites for hydroxylation is 1. The molecule has 1 atom stereocenters. The Morgan fingerprint density at radius 3 is 1.52 bits per heavy atom. The van der Waals surface area contributed by atoms with Crippen LogP contribution in [0.1, 0.15) is 53.7 Å². The number of benzene rings is 2. The van der Waals surface area contributed by atoms with E-state index in [1.807, 2.05) is 15.7 Å². The Morgan fingerprint density at radius 2 is 1.11 bits per heavy atom. The molecule has 23 heteroatoms. The Balaban J connectivity index is 0.832. The standard InChI is InChI=1S/C41H52F2N16O5/c1-20-18-58(21-2-3-21)25-14-27(31(42)33(44)29(25)35(20)61)54-6-10-56(11-7-54)40(48)52-38(46)50-16-23(60)17-51-39(47)53-41(49)57-12-8-55(9-13-57)28-15-26-30(34(45)32(28)43)36(62)24(37(63)64)19-59(26)22-4-5-22/h14-15,18-19,21-23,60H,2-13,16-17,44-45H2,1H3,(H,63,64)(H4,46,48,50,52)(H4,47,49,51,53). The third kappa shape index (κ3) is 8.49. The smallest absolute Gasteiger partial charge is 0.341 e. The van der Waals surface area contributed by atoms with Crippen LogP contribution in [-0.4, -0.2) is 131 Å². The van der Waals surface area contributed by atoms with Gasteiger partial charge in [-0.15, -0.1) is 0 Å². The van der Waals surface area contributed by atoms with Crippen LogP contribution in [-0.2, 0) is 0 Å². The minimum atomic E-state index is -1.40. The van der Waals surface area contributed by atoms with E-state index in [4.69, 9.17) is 34.4 Å². The van der Waals surface area contributed by atoms with Crippen LogP contribution in [0.3, 0.4) is 0 Å². The first kappa shape index (κ1) is 43.5. The SMILES string of the molecule is Cc1cn(C2CC2)c2cc(N3CCN(/C(N)=N/C(N)=NCC(O)CN=C(N)/N=C(\N)N4CCN(c5cc6c(c(N)c5F)c(=O)c(C(=O)O)cn6C5CC5)CC4)CC3)c(F)c(N)c2c1=O. The molecule has 14 N–H and O–H groups in total. The number of halogens is 2. The summed E-state index contributed by atoms with van der Waals surface area (Å²) in [4.78, 5) is 61.4.